The van der Waals surface area contributed by atoms with Gasteiger partial charge in [-0.15, -0.1) is 11.3 Å². The highest BCUT2D eigenvalue weighted by molar-refractivity contribution is 7.09. The topological polar surface area (TPSA) is 75.5 Å². The number of nitrogens with zero attached hydrogens (tertiary/aromatic N) is 2. The number of rotatable bonds is 5. The van der Waals surface area contributed by atoms with E-state index in [2.05, 4.69) is 15.6 Å². The molecule has 0 atom stereocenters. The molecule has 0 spiro atoms. The van der Waals surface area contributed by atoms with Crippen molar-refractivity contribution in [1.82, 2.24) is 14.7 Å². The highest BCUT2D eigenvalue weighted by Crippen LogP contribution is 2.07. The lowest BCUT2D eigenvalue weighted by atomic mass is 10.4. The van der Waals surface area contributed by atoms with Crippen molar-refractivity contribution in [2.45, 2.75) is 6.54 Å². The van der Waals surface area contributed by atoms with Gasteiger partial charge in [0.15, 0.2) is 0 Å². The molecule has 6 nitrogen and oxygen atoms in total. The van der Waals surface area contributed by atoms with Gasteiger partial charge in [-0.2, -0.15) is 0 Å². The maximum atomic E-state index is 12.2. The van der Waals surface area contributed by atoms with E-state index in [0.29, 0.717) is 17.9 Å². The molecule has 0 bridgehead atoms. The van der Waals surface area contributed by atoms with Crippen LogP contribution in [0.3, 0.4) is 0 Å². The molecule has 1 amide bonds. The Labute approximate surface area is 130 Å². The van der Waals surface area contributed by atoms with Gasteiger partial charge in [0.2, 0.25) is 5.91 Å². The zero-order valence-corrected chi connectivity index (χ0v) is 12.5. The Hall–Kier alpha value is -2.67. The summed E-state index contributed by atoms with van der Waals surface area (Å²) < 4.78 is 1.44. The van der Waals surface area contributed by atoms with Crippen molar-refractivity contribution >= 4 is 28.6 Å². The molecular formula is C15H14N4O2S. The predicted molar refractivity (Wildman–Crippen MR) is 86.1 cm³/mol. The van der Waals surface area contributed by atoms with Gasteiger partial charge in [0, 0.05) is 11.1 Å². The number of aromatic nitrogens is 2. The summed E-state index contributed by atoms with van der Waals surface area (Å²) in [5.74, 6) is -0.175. The molecule has 0 fully saturated rings. The van der Waals surface area contributed by atoms with Crippen LogP contribution in [-0.2, 0) is 11.3 Å². The van der Waals surface area contributed by atoms with Crippen molar-refractivity contribution in [2.75, 3.05) is 11.9 Å². The number of pyridine rings is 1. The van der Waals surface area contributed by atoms with Crippen molar-refractivity contribution < 1.29 is 4.79 Å². The molecule has 3 rings (SSSR count). The van der Waals surface area contributed by atoms with Crippen molar-refractivity contribution in [3.63, 3.8) is 0 Å². The van der Waals surface area contributed by atoms with E-state index < -0.39 is 0 Å². The van der Waals surface area contributed by atoms with Gasteiger partial charge in [0.05, 0.1) is 19.3 Å². The number of anilines is 1. The van der Waals surface area contributed by atoms with E-state index in [1.165, 1.54) is 10.6 Å². The fourth-order valence-electron chi connectivity index (χ4n) is 1.98. The molecule has 3 aromatic rings. The molecule has 0 saturated heterocycles. The third-order valence-electron chi connectivity index (χ3n) is 3.09. The van der Waals surface area contributed by atoms with Gasteiger partial charge < -0.3 is 10.6 Å². The second kappa shape index (κ2) is 6.40. The first-order valence-corrected chi connectivity index (χ1v) is 7.61. The summed E-state index contributed by atoms with van der Waals surface area (Å²) in [6.45, 7) is 0.522. The molecule has 22 heavy (non-hydrogen) atoms. The largest absolute Gasteiger partial charge is 0.370 e. The predicted octanol–water partition coefficient (Wildman–Crippen LogP) is 1.48. The molecule has 2 N–H and O–H groups in total. The van der Waals surface area contributed by atoms with Gasteiger partial charge in [-0.05, 0) is 23.6 Å². The van der Waals surface area contributed by atoms with Gasteiger partial charge in [0.1, 0.15) is 11.3 Å². The molecule has 0 aliphatic rings. The van der Waals surface area contributed by atoms with E-state index in [9.17, 15) is 9.59 Å². The zero-order valence-electron chi connectivity index (χ0n) is 11.7. The quantitative estimate of drug-likeness (QED) is 0.748. The standard InChI is InChI=1S/C15H14N4O2S/c20-14(18-8-11-4-3-7-22-11)10-16-12-9-17-13-5-1-2-6-19(13)15(12)21/h1-7,9,16H,8,10H2,(H,18,20). The number of hydrogen-bond acceptors (Lipinski definition) is 5. The molecular weight excluding hydrogens is 300 g/mol. The third kappa shape index (κ3) is 3.15. The normalized spacial score (nSPS) is 10.5. The summed E-state index contributed by atoms with van der Waals surface area (Å²) in [5, 5.41) is 7.58. The maximum Gasteiger partial charge on any atom is 0.281 e. The smallest absolute Gasteiger partial charge is 0.281 e. The summed E-state index contributed by atoms with van der Waals surface area (Å²) in [5.41, 5.74) is 0.645. The maximum absolute atomic E-state index is 12.2. The molecule has 3 heterocycles. The van der Waals surface area contributed by atoms with Crippen LogP contribution >= 0.6 is 11.3 Å². The average Bonchev–Trinajstić information content (AvgIpc) is 3.06. The highest BCUT2D eigenvalue weighted by Gasteiger charge is 2.06. The minimum Gasteiger partial charge on any atom is -0.370 e. The second-order valence-electron chi connectivity index (χ2n) is 4.62. The SMILES string of the molecule is O=C(CNc1cnc2ccccn2c1=O)NCc1cccs1. The summed E-state index contributed by atoms with van der Waals surface area (Å²) in [4.78, 5) is 29.3. The molecule has 112 valence electrons. The number of nitrogens with one attached hydrogen (secondary N) is 2. The van der Waals surface area contributed by atoms with Crippen LogP contribution in [0.4, 0.5) is 5.69 Å². The van der Waals surface area contributed by atoms with Gasteiger partial charge in [-0.25, -0.2) is 4.98 Å². The van der Waals surface area contributed by atoms with Crippen molar-refractivity contribution in [1.29, 1.82) is 0 Å². The van der Waals surface area contributed by atoms with E-state index >= 15 is 0 Å². The molecule has 0 saturated carbocycles. The Balaban J connectivity index is 1.62. The highest BCUT2D eigenvalue weighted by atomic mass is 32.1. The van der Waals surface area contributed by atoms with Gasteiger partial charge in [0.25, 0.3) is 5.56 Å². The van der Waals surface area contributed by atoms with Crippen LogP contribution in [0, 0.1) is 0 Å². The van der Waals surface area contributed by atoms with Crippen LogP contribution in [-0.4, -0.2) is 21.8 Å². The van der Waals surface area contributed by atoms with E-state index in [-0.39, 0.29) is 18.0 Å². The number of thiophene rings is 1. The van der Waals surface area contributed by atoms with Crippen LogP contribution in [0.5, 0.6) is 0 Å². The summed E-state index contributed by atoms with van der Waals surface area (Å²) in [7, 11) is 0. The Bertz CT molecular complexity index is 842. The minimum absolute atomic E-state index is 0.0290. The lowest BCUT2D eigenvalue weighted by Gasteiger charge is -2.07. The van der Waals surface area contributed by atoms with Crippen LogP contribution in [0.15, 0.2) is 52.9 Å². The number of carbonyl (C=O) groups excluding carboxylic acids is 1. The Kier molecular flexibility index (Phi) is 4.15. The Morgan fingerprint density at radius 3 is 3.00 bits per heavy atom. The van der Waals surface area contributed by atoms with E-state index in [4.69, 9.17) is 0 Å². The van der Waals surface area contributed by atoms with Gasteiger partial charge in [-0.1, -0.05) is 12.1 Å². The molecule has 7 heteroatoms. The average molecular weight is 314 g/mol. The van der Waals surface area contributed by atoms with E-state index in [1.54, 1.807) is 29.7 Å². The first kappa shape index (κ1) is 14.3. The Morgan fingerprint density at radius 2 is 2.18 bits per heavy atom. The van der Waals surface area contributed by atoms with Crippen LogP contribution in [0.1, 0.15) is 4.88 Å². The lowest BCUT2D eigenvalue weighted by Crippen LogP contribution is -2.31. The summed E-state index contributed by atoms with van der Waals surface area (Å²) in [6.07, 6.45) is 3.09. The minimum atomic E-state index is -0.225. The van der Waals surface area contributed by atoms with Crippen LogP contribution in [0.2, 0.25) is 0 Å². The number of fused-ring (bicyclic) bond motifs is 1. The molecule has 0 aliphatic carbocycles. The van der Waals surface area contributed by atoms with Crippen LogP contribution < -0.4 is 16.2 Å². The molecule has 3 aromatic heterocycles. The van der Waals surface area contributed by atoms with Crippen molar-refractivity contribution in [3.05, 3.63) is 63.3 Å². The van der Waals surface area contributed by atoms with Crippen LogP contribution in [0.25, 0.3) is 5.65 Å². The van der Waals surface area contributed by atoms with E-state index in [0.717, 1.165) is 4.88 Å². The monoisotopic (exact) mass is 314 g/mol. The van der Waals surface area contributed by atoms with Gasteiger partial charge >= 0.3 is 0 Å². The fourth-order valence-corrected chi connectivity index (χ4v) is 2.63. The number of carbonyl (C=O) groups is 1. The molecule has 0 unspecified atom stereocenters. The van der Waals surface area contributed by atoms with Gasteiger partial charge in [-0.3, -0.25) is 14.0 Å². The molecule has 0 aliphatic heterocycles. The summed E-state index contributed by atoms with van der Waals surface area (Å²) in [6, 6.07) is 9.21. The van der Waals surface area contributed by atoms with E-state index in [1.807, 2.05) is 23.6 Å². The summed E-state index contributed by atoms with van der Waals surface area (Å²) >= 11 is 1.58. The fraction of sp³-hybridized carbons (Fsp3) is 0.133. The Morgan fingerprint density at radius 1 is 1.27 bits per heavy atom. The first-order chi connectivity index (χ1) is 10.7. The zero-order chi connectivity index (χ0) is 15.4. The molecule has 0 aromatic carbocycles. The number of amides is 1. The first-order valence-electron chi connectivity index (χ1n) is 6.73. The number of hydrogen-bond donors (Lipinski definition) is 2. The third-order valence-corrected chi connectivity index (χ3v) is 3.97. The molecule has 0 radical (unpaired) electrons. The second-order valence-corrected chi connectivity index (χ2v) is 5.65. The van der Waals surface area contributed by atoms with Crippen molar-refractivity contribution in [3.8, 4) is 0 Å². The lowest BCUT2D eigenvalue weighted by molar-refractivity contribution is -0.119. The van der Waals surface area contributed by atoms with Crippen molar-refractivity contribution in [2.24, 2.45) is 0 Å².